The van der Waals surface area contributed by atoms with Crippen LogP contribution < -0.4 is 5.32 Å². The summed E-state index contributed by atoms with van der Waals surface area (Å²) in [5.41, 5.74) is 0. The first-order valence-electron chi connectivity index (χ1n) is 30.6. The number of phosphoric acid groups is 1. The number of nitrogens with one attached hydrogen (secondary N) is 1. The summed E-state index contributed by atoms with van der Waals surface area (Å²) in [7, 11) is 1.45. The monoisotopic (exact) mass is 1070 g/mol. The average molecular weight is 1070 g/mol. The van der Waals surface area contributed by atoms with Gasteiger partial charge in [0.2, 0.25) is 5.91 Å². The molecule has 0 aliphatic carbocycles. The highest BCUT2D eigenvalue weighted by atomic mass is 31.2. The van der Waals surface area contributed by atoms with Crippen molar-refractivity contribution in [2.24, 2.45) is 0 Å². The molecule has 3 unspecified atom stereocenters. The van der Waals surface area contributed by atoms with Gasteiger partial charge >= 0.3 is 13.8 Å². The van der Waals surface area contributed by atoms with Crippen molar-refractivity contribution in [1.82, 2.24) is 5.32 Å². The van der Waals surface area contributed by atoms with Gasteiger partial charge in [-0.3, -0.25) is 18.6 Å². The maximum atomic E-state index is 13.5. The number of carbonyl (C=O) groups is 2. The number of esters is 1. The van der Waals surface area contributed by atoms with Crippen LogP contribution in [0.3, 0.4) is 0 Å². The van der Waals surface area contributed by atoms with Crippen molar-refractivity contribution in [2.75, 3.05) is 40.9 Å². The lowest BCUT2D eigenvalue weighted by atomic mass is 10.0. The smallest absolute Gasteiger partial charge is 0.456 e. The van der Waals surface area contributed by atoms with Crippen molar-refractivity contribution < 1.29 is 37.3 Å². The predicted molar refractivity (Wildman–Crippen MR) is 323 cm³/mol. The van der Waals surface area contributed by atoms with Crippen LogP contribution in [-0.4, -0.2) is 74.3 Å². The Kier molecular flexibility index (Phi) is 52.1. The van der Waals surface area contributed by atoms with E-state index in [4.69, 9.17) is 13.8 Å². The van der Waals surface area contributed by atoms with E-state index < -0.39 is 20.0 Å². The second-order valence-corrected chi connectivity index (χ2v) is 22.9. The first-order chi connectivity index (χ1) is 36.4. The molecule has 3 atom stereocenters. The molecule has 0 saturated carbocycles. The minimum Gasteiger partial charge on any atom is -0.456 e. The number of allylic oxidation sites excluding steroid dienone is 15. The van der Waals surface area contributed by atoms with E-state index in [1.807, 2.05) is 33.3 Å². The molecular formula is C65H116N2O7P+. The van der Waals surface area contributed by atoms with E-state index in [0.717, 1.165) is 103 Å². The molecule has 0 aliphatic rings. The van der Waals surface area contributed by atoms with Crippen molar-refractivity contribution >= 4 is 19.7 Å². The molecule has 0 aromatic rings. The Hall–Kier alpha value is -3.07. The van der Waals surface area contributed by atoms with Gasteiger partial charge in [-0.1, -0.05) is 227 Å². The minimum absolute atomic E-state index is 0.0267. The van der Waals surface area contributed by atoms with Crippen LogP contribution >= 0.6 is 7.82 Å². The molecule has 0 radical (unpaired) electrons. The van der Waals surface area contributed by atoms with E-state index in [1.54, 1.807) is 0 Å². The lowest BCUT2D eigenvalue weighted by Gasteiger charge is -2.27. The van der Waals surface area contributed by atoms with Gasteiger partial charge < -0.3 is 19.4 Å². The van der Waals surface area contributed by atoms with Gasteiger partial charge in [0.05, 0.1) is 33.8 Å². The molecule has 0 rings (SSSR count). The molecule has 0 bridgehead atoms. The van der Waals surface area contributed by atoms with Crippen LogP contribution in [0.2, 0.25) is 0 Å². The van der Waals surface area contributed by atoms with E-state index in [-0.39, 0.29) is 37.9 Å². The van der Waals surface area contributed by atoms with Crippen LogP contribution in [0.4, 0.5) is 0 Å². The average Bonchev–Trinajstić information content (AvgIpc) is 3.37. The highest BCUT2D eigenvalue weighted by Crippen LogP contribution is 2.43. The number of nitrogens with zero attached hydrogens (tertiary/aromatic N) is 1. The molecular weight excluding hydrogens is 952 g/mol. The number of likely N-dealkylation sites (N-methyl/N-ethyl adjacent to an activating group) is 1. The summed E-state index contributed by atoms with van der Waals surface area (Å²) in [5, 5.41) is 3.03. The van der Waals surface area contributed by atoms with Gasteiger partial charge in [-0.15, -0.1) is 0 Å². The molecule has 1 amide bonds. The molecule has 9 nitrogen and oxygen atoms in total. The SMILES string of the molecule is CC/C=C\C/C=C\C/C=C\C/C=C\C/C=C\C/C=C\CCCCC(=O)NC(COP(=O)(O)OCC[N+](C)(C)C)C(/C=C\CCCCCCCCCCCCC)OC(=O)CCCCCCCCC/C=C\CCCCCC. The van der Waals surface area contributed by atoms with E-state index in [1.165, 1.54) is 109 Å². The maximum Gasteiger partial charge on any atom is 0.472 e. The number of quaternary nitrogens is 1. The van der Waals surface area contributed by atoms with Gasteiger partial charge in [0.15, 0.2) is 0 Å². The van der Waals surface area contributed by atoms with Crippen molar-refractivity contribution in [1.29, 1.82) is 0 Å². The number of ether oxygens (including phenoxy) is 1. The molecule has 0 aromatic carbocycles. The van der Waals surface area contributed by atoms with Crippen molar-refractivity contribution in [3.63, 3.8) is 0 Å². The number of hydrogen-bond donors (Lipinski definition) is 2. The molecule has 75 heavy (non-hydrogen) atoms. The lowest BCUT2D eigenvalue weighted by molar-refractivity contribution is -0.870. The Morgan fingerprint density at radius 1 is 0.480 bits per heavy atom. The van der Waals surface area contributed by atoms with Crippen LogP contribution in [0.1, 0.15) is 252 Å². The fourth-order valence-electron chi connectivity index (χ4n) is 8.29. The summed E-state index contributed by atoms with van der Waals surface area (Å²) in [6.07, 6.45) is 72.6. The van der Waals surface area contributed by atoms with Crippen LogP contribution in [-0.2, 0) is 27.9 Å². The Labute approximate surface area is 462 Å². The first-order valence-corrected chi connectivity index (χ1v) is 32.1. The number of phosphoric ester groups is 1. The van der Waals surface area contributed by atoms with E-state index in [9.17, 15) is 19.0 Å². The van der Waals surface area contributed by atoms with Gasteiger partial charge in [-0.2, -0.15) is 0 Å². The number of hydrogen-bond acceptors (Lipinski definition) is 6. The highest BCUT2D eigenvalue weighted by Gasteiger charge is 2.30. The zero-order chi connectivity index (χ0) is 55.0. The lowest BCUT2D eigenvalue weighted by Crippen LogP contribution is -2.47. The largest absolute Gasteiger partial charge is 0.472 e. The molecule has 2 N–H and O–H groups in total. The van der Waals surface area contributed by atoms with Gasteiger partial charge in [0.25, 0.3) is 0 Å². The third-order valence-electron chi connectivity index (χ3n) is 13.0. The van der Waals surface area contributed by atoms with Crippen molar-refractivity contribution in [3.8, 4) is 0 Å². The fraction of sp³-hybridized carbons (Fsp3) is 0.723. The topological polar surface area (TPSA) is 111 Å². The zero-order valence-electron chi connectivity index (χ0n) is 49.3. The molecule has 0 spiro atoms. The molecule has 432 valence electrons. The zero-order valence-corrected chi connectivity index (χ0v) is 50.2. The summed E-state index contributed by atoms with van der Waals surface area (Å²) < 4.78 is 30.6. The van der Waals surface area contributed by atoms with Crippen molar-refractivity contribution in [3.05, 3.63) is 97.2 Å². The molecule has 0 heterocycles. The molecule has 10 heteroatoms. The second-order valence-electron chi connectivity index (χ2n) is 21.5. The molecule has 0 saturated heterocycles. The van der Waals surface area contributed by atoms with E-state index >= 15 is 0 Å². The van der Waals surface area contributed by atoms with Crippen LogP contribution in [0.5, 0.6) is 0 Å². The molecule has 0 aliphatic heterocycles. The van der Waals surface area contributed by atoms with E-state index in [0.29, 0.717) is 17.4 Å². The number of amides is 1. The van der Waals surface area contributed by atoms with E-state index in [2.05, 4.69) is 111 Å². The fourth-order valence-corrected chi connectivity index (χ4v) is 9.03. The van der Waals surface area contributed by atoms with Gasteiger partial charge in [-0.25, -0.2) is 4.57 Å². The summed E-state index contributed by atoms with van der Waals surface area (Å²) in [5.74, 6) is -0.564. The Morgan fingerprint density at radius 3 is 1.32 bits per heavy atom. The summed E-state index contributed by atoms with van der Waals surface area (Å²) in [6, 6.07) is -0.878. The Morgan fingerprint density at radius 2 is 0.853 bits per heavy atom. The number of rotatable bonds is 54. The summed E-state index contributed by atoms with van der Waals surface area (Å²) in [6.45, 7) is 6.84. The third kappa shape index (κ3) is 55.5. The number of unbranched alkanes of at least 4 members (excludes halogenated alkanes) is 24. The minimum atomic E-state index is -4.47. The van der Waals surface area contributed by atoms with Crippen LogP contribution in [0.25, 0.3) is 0 Å². The second kappa shape index (κ2) is 54.3. The Balaban J connectivity index is 5.40. The van der Waals surface area contributed by atoms with Crippen LogP contribution in [0, 0.1) is 0 Å². The van der Waals surface area contributed by atoms with Crippen molar-refractivity contribution in [2.45, 2.75) is 264 Å². The van der Waals surface area contributed by atoms with Crippen LogP contribution in [0.15, 0.2) is 97.2 Å². The molecule has 0 aromatic heterocycles. The highest BCUT2D eigenvalue weighted by molar-refractivity contribution is 7.47. The third-order valence-corrected chi connectivity index (χ3v) is 14.0. The Bertz CT molecular complexity index is 1610. The first kappa shape index (κ1) is 71.9. The standard InChI is InChI=1S/C65H115N2O7P/c1-7-10-13-16-19-22-25-28-30-31-32-33-34-35-37-39-42-45-48-51-54-57-64(68)66-62(61-73-75(70,71)72-60-59-67(4,5)6)63(56-53-50-47-44-41-38-27-24-21-18-15-12-9-3)74-65(69)58-55-52-49-46-43-40-36-29-26-23-20-17-14-11-8-2/h10,13,19,22-23,26,28,30,32-33,35,37,42,45,53,56,62-63H,7-9,11-12,14-18,20-21,24-25,27,29,31,34,36,38-41,43-44,46-52,54-55,57-61H2,1-6H3,(H-,66,68,70,71)/p+1/b13-10-,22-19-,26-23-,30-28-,33-32-,37-35-,45-42-,56-53-. The predicted octanol–water partition coefficient (Wildman–Crippen LogP) is 18.8. The van der Waals surface area contributed by atoms with Gasteiger partial charge in [0.1, 0.15) is 19.3 Å². The maximum absolute atomic E-state index is 13.5. The quantitative estimate of drug-likeness (QED) is 0.0205. The summed E-state index contributed by atoms with van der Waals surface area (Å²) in [4.78, 5) is 37.7. The van der Waals surface area contributed by atoms with Gasteiger partial charge in [-0.05, 0) is 109 Å². The van der Waals surface area contributed by atoms with Gasteiger partial charge in [0, 0.05) is 12.8 Å². The number of carbonyl (C=O) groups excluding carboxylic acids is 2. The molecule has 0 fully saturated rings. The normalized spacial score (nSPS) is 14.4. The summed E-state index contributed by atoms with van der Waals surface area (Å²) >= 11 is 0.